The lowest BCUT2D eigenvalue weighted by Gasteiger charge is -2.40. The van der Waals surface area contributed by atoms with Gasteiger partial charge >= 0.3 is 0 Å². The molecule has 4 nitrogen and oxygen atoms in total. The third kappa shape index (κ3) is 4.19. The second kappa shape index (κ2) is 8.03. The van der Waals surface area contributed by atoms with Crippen molar-refractivity contribution < 1.29 is 9.59 Å². The summed E-state index contributed by atoms with van der Waals surface area (Å²) in [5.74, 6) is -0.391. The Balaban J connectivity index is 1.92. The maximum atomic E-state index is 13.3. The first-order valence-electron chi connectivity index (χ1n) is 9.10. The molecule has 0 aliphatic carbocycles. The van der Waals surface area contributed by atoms with Crippen molar-refractivity contribution in [2.45, 2.75) is 38.8 Å². The lowest BCUT2D eigenvalue weighted by molar-refractivity contribution is -0.144. The Kier molecular flexibility index (Phi) is 5.92. The van der Waals surface area contributed by atoms with E-state index in [9.17, 15) is 9.59 Å². The van der Waals surface area contributed by atoms with Crippen LogP contribution in [0.15, 0.2) is 41.8 Å². The minimum absolute atomic E-state index is 0.0395. The van der Waals surface area contributed by atoms with Gasteiger partial charge in [-0.3, -0.25) is 9.59 Å². The van der Waals surface area contributed by atoms with E-state index in [0.29, 0.717) is 6.54 Å². The molecule has 144 valence electrons. The molecule has 0 saturated heterocycles. The van der Waals surface area contributed by atoms with Crippen molar-refractivity contribution in [3.05, 3.63) is 57.8 Å². The maximum Gasteiger partial charge on any atom is 0.243 e. The highest BCUT2D eigenvalue weighted by Crippen LogP contribution is 2.37. The van der Waals surface area contributed by atoms with Gasteiger partial charge in [0.05, 0.1) is 6.04 Å². The number of nitrogens with zero attached hydrogens (tertiary/aromatic N) is 2. The second-order valence-electron chi connectivity index (χ2n) is 7.73. The van der Waals surface area contributed by atoms with Gasteiger partial charge in [0.2, 0.25) is 11.8 Å². The van der Waals surface area contributed by atoms with Crippen molar-refractivity contribution in [2.75, 3.05) is 19.0 Å². The van der Waals surface area contributed by atoms with Crippen LogP contribution in [-0.4, -0.2) is 46.1 Å². The number of benzene rings is 1. The highest BCUT2D eigenvalue weighted by molar-refractivity contribution is 7.10. The molecule has 27 heavy (non-hydrogen) atoms. The topological polar surface area (TPSA) is 40.6 Å². The van der Waals surface area contributed by atoms with Crippen LogP contribution in [0.25, 0.3) is 0 Å². The molecule has 1 aliphatic rings. The molecule has 1 atom stereocenters. The molecule has 2 heterocycles. The summed E-state index contributed by atoms with van der Waals surface area (Å²) in [5, 5.41) is 2.09. The summed E-state index contributed by atoms with van der Waals surface area (Å²) in [7, 11) is 0. The van der Waals surface area contributed by atoms with Gasteiger partial charge in [0.25, 0.3) is 0 Å². The maximum absolute atomic E-state index is 13.3. The number of thiophene rings is 1. The Bertz CT molecular complexity index is 813. The van der Waals surface area contributed by atoms with E-state index < -0.39 is 5.54 Å². The molecule has 0 spiro atoms. The van der Waals surface area contributed by atoms with E-state index in [0.717, 1.165) is 12.0 Å². The molecule has 0 N–H and O–H groups in total. The third-order valence-corrected chi connectivity index (χ3v) is 6.15. The van der Waals surface area contributed by atoms with E-state index in [4.69, 9.17) is 11.6 Å². The summed E-state index contributed by atoms with van der Waals surface area (Å²) in [6, 6.07) is 12.1. The summed E-state index contributed by atoms with van der Waals surface area (Å²) in [6.07, 6.45) is 0.848. The molecule has 6 heteroatoms. The minimum Gasteiger partial charge on any atom is -0.330 e. The van der Waals surface area contributed by atoms with Crippen molar-refractivity contribution in [3.8, 4) is 0 Å². The van der Waals surface area contributed by atoms with E-state index in [2.05, 4.69) is 23.6 Å². The summed E-state index contributed by atoms with van der Waals surface area (Å²) in [5.41, 5.74) is 1.82. The molecular weight excluding hydrogens is 380 g/mol. The van der Waals surface area contributed by atoms with Crippen LogP contribution in [-0.2, 0) is 16.0 Å². The number of carbonyl (C=O) groups excluding carboxylic acids is 2. The SMILES string of the molecule is CC(C)(C)N(CC(=O)N1CCc2sccc2C1c1ccccc1)C(=O)CCl. The van der Waals surface area contributed by atoms with E-state index in [-0.39, 0.29) is 30.3 Å². The molecule has 1 aromatic heterocycles. The quantitative estimate of drug-likeness (QED) is 0.720. The molecular formula is C21H25ClN2O2S. The zero-order chi connectivity index (χ0) is 19.6. The first-order valence-corrected chi connectivity index (χ1v) is 10.5. The van der Waals surface area contributed by atoms with Crippen LogP contribution >= 0.6 is 22.9 Å². The van der Waals surface area contributed by atoms with Gasteiger partial charge in [0, 0.05) is 17.0 Å². The van der Waals surface area contributed by atoms with Crippen LogP contribution in [0.2, 0.25) is 0 Å². The Morgan fingerprint density at radius 3 is 2.56 bits per heavy atom. The van der Waals surface area contributed by atoms with Gasteiger partial charge in [0.15, 0.2) is 0 Å². The van der Waals surface area contributed by atoms with Gasteiger partial charge < -0.3 is 9.80 Å². The fourth-order valence-corrected chi connectivity index (χ4v) is 4.63. The minimum atomic E-state index is -0.465. The van der Waals surface area contributed by atoms with Gasteiger partial charge in [-0.2, -0.15) is 0 Å². The number of hydrogen-bond acceptors (Lipinski definition) is 3. The van der Waals surface area contributed by atoms with Crippen molar-refractivity contribution >= 4 is 34.8 Å². The number of fused-ring (bicyclic) bond motifs is 1. The highest BCUT2D eigenvalue weighted by atomic mass is 35.5. The van der Waals surface area contributed by atoms with Gasteiger partial charge in [-0.1, -0.05) is 30.3 Å². The Morgan fingerprint density at radius 2 is 1.93 bits per heavy atom. The number of hydrogen-bond donors (Lipinski definition) is 0. The molecule has 0 saturated carbocycles. The number of halogens is 1. The van der Waals surface area contributed by atoms with E-state index in [1.54, 1.807) is 16.2 Å². The van der Waals surface area contributed by atoms with Gasteiger partial charge in [-0.15, -0.1) is 22.9 Å². The van der Waals surface area contributed by atoms with Crippen molar-refractivity contribution in [1.82, 2.24) is 9.80 Å². The predicted octanol–water partition coefficient (Wildman–Crippen LogP) is 4.09. The average Bonchev–Trinajstić information content (AvgIpc) is 3.13. The summed E-state index contributed by atoms with van der Waals surface area (Å²) in [6.45, 7) is 6.46. The fraction of sp³-hybridized carbons (Fsp3) is 0.429. The lowest BCUT2D eigenvalue weighted by Crippen LogP contribution is -2.53. The smallest absolute Gasteiger partial charge is 0.243 e. The largest absolute Gasteiger partial charge is 0.330 e. The standard InChI is InChI=1S/C21H25ClN2O2S/c1-21(2,3)24(18(25)13-22)14-19(26)23-11-9-17-16(10-12-27-17)20(23)15-7-5-4-6-8-15/h4-8,10,12,20H,9,11,13-14H2,1-3H3. The van der Waals surface area contributed by atoms with Crippen LogP contribution in [0.5, 0.6) is 0 Å². The van der Waals surface area contributed by atoms with Gasteiger partial charge in [-0.25, -0.2) is 0 Å². The third-order valence-electron chi connectivity index (χ3n) is 4.92. The van der Waals surface area contributed by atoms with Gasteiger partial charge in [-0.05, 0) is 49.8 Å². The molecule has 0 radical (unpaired) electrons. The first-order chi connectivity index (χ1) is 12.8. The molecule has 0 fully saturated rings. The Labute approximate surface area is 169 Å². The van der Waals surface area contributed by atoms with Crippen molar-refractivity contribution in [2.24, 2.45) is 0 Å². The average molecular weight is 405 g/mol. The van der Waals surface area contributed by atoms with E-state index in [1.165, 1.54) is 10.4 Å². The number of alkyl halides is 1. The molecule has 2 aromatic rings. The zero-order valence-corrected chi connectivity index (χ0v) is 17.5. The normalized spacial score (nSPS) is 16.7. The molecule has 2 amide bonds. The van der Waals surface area contributed by atoms with Crippen LogP contribution < -0.4 is 0 Å². The Hall–Kier alpha value is -1.85. The van der Waals surface area contributed by atoms with Crippen LogP contribution in [0.3, 0.4) is 0 Å². The van der Waals surface area contributed by atoms with Crippen LogP contribution in [0.1, 0.15) is 42.8 Å². The second-order valence-corrected chi connectivity index (χ2v) is 9.00. The van der Waals surface area contributed by atoms with Crippen LogP contribution in [0.4, 0.5) is 0 Å². The van der Waals surface area contributed by atoms with Crippen molar-refractivity contribution in [1.29, 1.82) is 0 Å². The molecule has 0 bridgehead atoms. The number of rotatable bonds is 4. The predicted molar refractivity (Wildman–Crippen MR) is 110 cm³/mol. The summed E-state index contributed by atoms with van der Waals surface area (Å²) in [4.78, 5) is 30.4. The van der Waals surface area contributed by atoms with Gasteiger partial charge in [0.1, 0.15) is 12.4 Å². The Morgan fingerprint density at radius 1 is 1.22 bits per heavy atom. The molecule has 1 aromatic carbocycles. The summed E-state index contributed by atoms with van der Waals surface area (Å²) < 4.78 is 0. The number of carbonyl (C=O) groups is 2. The van der Waals surface area contributed by atoms with Crippen molar-refractivity contribution in [3.63, 3.8) is 0 Å². The highest BCUT2D eigenvalue weighted by Gasteiger charge is 2.35. The zero-order valence-electron chi connectivity index (χ0n) is 15.9. The molecule has 3 rings (SSSR count). The van der Waals surface area contributed by atoms with E-state index in [1.807, 2.05) is 43.9 Å². The first kappa shape index (κ1) is 19.9. The summed E-state index contributed by atoms with van der Waals surface area (Å²) >= 11 is 7.53. The monoisotopic (exact) mass is 404 g/mol. The number of amides is 2. The lowest BCUT2D eigenvalue weighted by atomic mass is 9.93. The molecule has 1 unspecified atom stereocenters. The fourth-order valence-electron chi connectivity index (χ4n) is 3.58. The molecule has 1 aliphatic heterocycles. The van der Waals surface area contributed by atoms with E-state index >= 15 is 0 Å². The van der Waals surface area contributed by atoms with Crippen LogP contribution in [0, 0.1) is 0 Å².